The molecule has 0 aromatic heterocycles. The Morgan fingerprint density at radius 3 is 1.63 bits per heavy atom. The topological polar surface area (TPSA) is 81.7 Å². The first kappa shape index (κ1) is 37.6. The summed E-state index contributed by atoms with van der Waals surface area (Å²) in [5.41, 5.74) is 3.95. The lowest BCUT2D eigenvalue weighted by molar-refractivity contribution is -0.169. The van der Waals surface area contributed by atoms with Crippen molar-refractivity contribution in [3.8, 4) is 5.75 Å². The highest BCUT2D eigenvalue weighted by Gasteiger charge is 2.56. The molecule has 8 heteroatoms. The molecule has 0 amide bonds. The Morgan fingerprint density at radius 2 is 1.11 bits per heavy atom. The lowest BCUT2D eigenvalue weighted by atomic mass is 9.80. The van der Waals surface area contributed by atoms with E-state index in [1.807, 2.05) is 123 Å². The second-order valence-corrected chi connectivity index (χ2v) is 14.2. The highest BCUT2D eigenvalue weighted by Crippen LogP contribution is 2.44. The maximum absolute atomic E-state index is 12.1. The number of ether oxygens (including phenoxy) is 7. The molecule has 0 unspecified atom stereocenters. The third kappa shape index (κ3) is 8.35. The van der Waals surface area contributed by atoms with Crippen LogP contribution in [0.1, 0.15) is 48.1 Å². The Morgan fingerprint density at radius 1 is 0.611 bits per heavy atom. The van der Waals surface area contributed by atoms with Gasteiger partial charge in [-0.15, -0.1) is 0 Å². The Kier molecular flexibility index (Phi) is 12.0. The summed E-state index contributed by atoms with van der Waals surface area (Å²) in [6.07, 6.45) is -2.57. The smallest absolute Gasteiger partial charge is 0.164 e. The molecule has 54 heavy (non-hydrogen) atoms. The van der Waals surface area contributed by atoms with Crippen molar-refractivity contribution in [2.75, 3.05) is 13.7 Å². The number of hydrogen-bond acceptors (Lipinski definition) is 8. The van der Waals surface area contributed by atoms with Crippen LogP contribution in [0.2, 0.25) is 0 Å². The fraction of sp³-hybridized carbons (Fsp3) is 0.326. The van der Waals surface area contributed by atoms with E-state index in [0.717, 1.165) is 39.9 Å². The molecule has 8 nitrogen and oxygen atoms in total. The van der Waals surface area contributed by atoms with Gasteiger partial charge in [0.15, 0.2) is 5.79 Å². The van der Waals surface area contributed by atoms with Crippen molar-refractivity contribution in [2.45, 2.75) is 81.5 Å². The third-order valence-electron chi connectivity index (χ3n) is 10.1. The average molecular weight is 729 g/mol. The SMILES string of the molecule is COc1ccc(CO[C@H]2[C@H](OCc3ccccc3)[C@H]([C@H]3OC(C)(C)O[C@H]3COC(c3ccccc3)(c3ccccc3)c3ccccc3)O[C@@H]2CC=O)cc1. The molecular formula is C46H48O8. The van der Waals surface area contributed by atoms with E-state index in [4.69, 9.17) is 33.2 Å². The molecule has 7 rings (SSSR count). The molecule has 2 fully saturated rings. The van der Waals surface area contributed by atoms with Crippen LogP contribution < -0.4 is 4.74 Å². The first-order valence-corrected chi connectivity index (χ1v) is 18.6. The van der Waals surface area contributed by atoms with Crippen molar-refractivity contribution in [1.82, 2.24) is 0 Å². The van der Waals surface area contributed by atoms with Crippen molar-refractivity contribution in [3.63, 3.8) is 0 Å². The van der Waals surface area contributed by atoms with E-state index in [2.05, 4.69) is 36.4 Å². The molecular weight excluding hydrogens is 680 g/mol. The van der Waals surface area contributed by atoms with E-state index in [1.54, 1.807) is 7.11 Å². The third-order valence-corrected chi connectivity index (χ3v) is 10.1. The Bertz CT molecular complexity index is 1790. The minimum Gasteiger partial charge on any atom is -0.497 e. The van der Waals surface area contributed by atoms with Gasteiger partial charge in [0.25, 0.3) is 0 Å². The summed E-state index contributed by atoms with van der Waals surface area (Å²) in [6.45, 7) is 4.56. The van der Waals surface area contributed by atoms with Gasteiger partial charge < -0.3 is 38.0 Å². The van der Waals surface area contributed by atoms with Gasteiger partial charge in [0.1, 0.15) is 48.2 Å². The zero-order valence-electron chi connectivity index (χ0n) is 31.0. The number of hydrogen-bond donors (Lipinski definition) is 0. The molecule has 0 spiro atoms. The molecule has 0 bridgehead atoms. The van der Waals surface area contributed by atoms with Crippen LogP contribution in [-0.4, -0.2) is 62.4 Å². The van der Waals surface area contributed by atoms with Crippen LogP contribution in [0.15, 0.2) is 146 Å². The quantitative estimate of drug-likeness (QED) is 0.0746. The zero-order chi connectivity index (χ0) is 37.4. The number of benzene rings is 5. The molecule has 0 radical (unpaired) electrons. The highest BCUT2D eigenvalue weighted by molar-refractivity contribution is 5.50. The number of rotatable bonds is 16. The lowest BCUT2D eigenvalue weighted by Crippen LogP contribution is -2.48. The molecule has 2 aliphatic heterocycles. The number of carbonyl (C=O) groups is 1. The highest BCUT2D eigenvalue weighted by atomic mass is 16.8. The second-order valence-electron chi connectivity index (χ2n) is 14.2. The minimum absolute atomic E-state index is 0.131. The van der Waals surface area contributed by atoms with Gasteiger partial charge in [0, 0.05) is 6.42 Å². The summed E-state index contributed by atoms with van der Waals surface area (Å²) in [5.74, 6) is -0.195. The van der Waals surface area contributed by atoms with Crippen molar-refractivity contribution >= 4 is 6.29 Å². The van der Waals surface area contributed by atoms with Crippen molar-refractivity contribution in [3.05, 3.63) is 173 Å². The predicted molar refractivity (Wildman–Crippen MR) is 205 cm³/mol. The van der Waals surface area contributed by atoms with Crippen LogP contribution in [0.4, 0.5) is 0 Å². The first-order chi connectivity index (χ1) is 26.4. The Balaban J connectivity index is 1.22. The van der Waals surface area contributed by atoms with Crippen LogP contribution >= 0.6 is 0 Å². The number of methoxy groups -OCH3 is 1. The maximum atomic E-state index is 12.1. The fourth-order valence-corrected chi connectivity index (χ4v) is 7.62. The number of aldehydes is 1. The van der Waals surface area contributed by atoms with Crippen LogP contribution in [0, 0.1) is 0 Å². The van der Waals surface area contributed by atoms with Crippen LogP contribution in [-0.2, 0) is 52.0 Å². The van der Waals surface area contributed by atoms with Crippen LogP contribution in [0.3, 0.4) is 0 Å². The number of carbonyl (C=O) groups excluding carboxylic acids is 1. The van der Waals surface area contributed by atoms with Gasteiger partial charge in [0.2, 0.25) is 0 Å². The van der Waals surface area contributed by atoms with Crippen molar-refractivity contribution < 1.29 is 38.0 Å². The standard InChI is InChI=1S/C46H48O8/c1-45(2)53-40(32-51-46(35-18-10-5-11-19-35,36-20-12-6-13-21-36)37-22-14-7-15-23-37)42(54-45)44-43(50-30-33-16-8-4-9-17-33)41(39(52-44)28-29-47)49-31-34-24-26-38(48-3)27-25-34/h4-27,29,39-44H,28,30-32H2,1-3H3/t39-,40+,41-,42+,43+,44+/m1/s1. The summed E-state index contributed by atoms with van der Waals surface area (Å²) in [6, 6.07) is 48.4. The summed E-state index contributed by atoms with van der Waals surface area (Å²) < 4.78 is 46.1. The fourth-order valence-electron chi connectivity index (χ4n) is 7.62. The molecule has 0 aliphatic carbocycles. The van der Waals surface area contributed by atoms with Crippen molar-refractivity contribution in [1.29, 1.82) is 0 Å². The maximum Gasteiger partial charge on any atom is 0.164 e. The molecule has 2 heterocycles. The van der Waals surface area contributed by atoms with E-state index in [1.165, 1.54) is 0 Å². The molecule has 5 aromatic carbocycles. The summed E-state index contributed by atoms with van der Waals surface area (Å²) in [4.78, 5) is 12.1. The van der Waals surface area contributed by atoms with E-state index < -0.39 is 48.0 Å². The summed E-state index contributed by atoms with van der Waals surface area (Å²) in [7, 11) is 1.64. The molecule has 2 saturated heterocycles. The molecule has 0 N–H and O–H groups in total. The van der Waals surface area contributed by atoms with Gasteiger partial charge in [-0.3, -0.25) is 0 Å². The largest absolute Gasteiger partial charge is 0.497 e. The van der Waals surface area contributed by atoms with Gasteiger partial charge in [0.05, 0.1) is 33.0 Å². The average Bonchev–Trinajstić information content (AvgIpc) is 3.72. The van der Waals surface area contributed by atoms with Gasteiger partial charge in [-0.05, 0) is 53.8 Å². The monoisotopic (exact) mass is 728 g/mol. The normalized spacial score (nSPS) is 23.6. The lowest BCUT2D eigenvalue weighted by Gasteiger charge is -2.37. The van der Waals surface area contributed by atoms with Crippen LogP contribution in [0.5, 0.6) is 5.75 Å². The summed E-state index contributed by atoms with van der Waals surface area (Å²) in [5, 5.41) is 0. The molecule has 5 aromatic rings. The summed E-state index contributed by atoms with van der Waals surface area (Å²) >= 11 is 0. The van der Waals surface area contributed by atoms with Gasteiger partial charge in [-0.25, -0.2) is 0 Å². The van der Waals surface area contributed by atoms with Crippen molar-refractivity contribution in [2.24, 2.45) is 0 Å². The van der Waals surface area contributed by atoms with Gasteiger partial charge >= 0.3 is 0 Å². The van der Waals surface area contributed by atoms with E-state index >= 15 is 0 Å². The van der Waals surface area contributed by atoms with Gasteiger partial charge in [-0.1, -0.05) is 133 Å². The first-order valence-electron chi connectivity index (χ1n) is 18.6. The van der Waals surface area contributed by atoms with E-state index in [-0.39, 0.29) is 13.0 Å². The van der Waals surface area contributed by atoms with E-state index in [0.29, 0.717) is 13.2 Å². The van der Waals surface area contributed by atoms with Gasteiger partial charge in [-0.2, -0.15) is 0 Å². The molecule has 280 valence electrons. The molecule has 6 atom stereocenters. The molecule has 0 saturated carbocycles. The second kappa shape index (κ2) is 17.2. The van der Waals surface area contributed by atoms with E-state index in [9.17, 15) is 4.79 Å². The zero-order valence-corrected chi connectivity index (χ0v) is 31.0. The Hall–Kier alpha value is -4.67. The minimum atomic E-state index is -0.964. The molecule has 2 aliphatic rings. The predicted octanol–water partition coefficient (Wildman–Crippen LogP) is 8.05. The van der Waals surface area contributed by atoms with Crippen LogP contribution in [0.25, 0.3) is 0 Å². The Labute approximate surface area is 317 Å².